The van der Waals surface area contributed by atoms with Crippen molar-refractivity contribution in [2.45, 2.75) is 18.9 Å². The molecular weight excluding hydrogens is 330 g/mol. The van der Waals surface area contributed by atoms with E-state index in [0.717, 1.165) is 6.42 Å². The Labute approximate surface area is 133 Å². The number of hydrogen-bond acceptors (Lipinski definition) is 2. The van der Waals surface area contributed by atoms with Gasteiger partial charge in [-0.3, -0.25) is 4.79 Å². The first-order valence-corrected chi connectivity index (χ1v) is 7.97. The minimum Gasteiger partial charge on any atom is -0.508 e. The number of nitrogens with one attached hydrogen (secondary N) is 1. The molecule has 0 spiro atoms. The summed E-state index contributed by atoms with van der Waals surface area (Å²) in [5, 5.41) is 13.4. The molecule has 2 rings (SSSR count). The molecule has 0 aliphatic heterocycles. The van der Waals surface area contributed by atoms with Gasteiger partial charge in [0.05, 0.1) is 6.42 Å². The van der Waals surface area contributed by atoms with Gasteiger partial charge in [0.1, 0.15) is 5.75 Å². The lowest BCUT2D eigenvalue weighted by atomic mass is 10.1. The summed E-state index contributed by atoms with van der Waals surface area (Å²) in [6, 6.07) is 17.0. The maximum Gasteiger partial charge on any atom is 0.224 e. The highest BCUT2D eigenvalue weighted by atomic mass is 79.9. The summed E-state index contributed by atoms with van der Waals surface area (Å²) in [5.74, 6) is 0.0722. The molecule has 110 valence electrons. The summed E-state index contributed by atoms with van der Waals surface area (Å²) >= 11 is 3.44. The van der Waals surface area contributed by atoms with Gasteiger partial charge < -0.3 is 10.4 Å². The standard InChI is InChI=1S/C17H18BrNO2/c18-12-15(10-13-6-2-1-3-7-13)19-17(21)11-14-8-4-5-9-16(14)20/h1-9,15,20H,10-12H2,(H,19,21). The van der Waals surface area contributed by atoms with Gasteiger partial charge >= 0.3 is 0 Å². The molecule has 2 N–H and O–H groups in total. The SMILES string of the molecule is O=C(Cc1ccccc1O)NC(CBr)Cc1ccccc1. The number of alkyl halides is 1. The molecule has 2 aromatic rings. The van der Waals surface area contributed by atoms with Crippen molar-refractivity contribution in [1.29, 1.82) is 0 Å². The highest BCUT2D eigenvalue weighted by molar-refractivity contribution is 9.09. The largest absolute Gasteiger partial charge is 0.508 e. The van der Waals surface area contributed by atoms with Crippen molar-refractivity contribution in [3.8, 4) is 5.75 Å². The predicted octanol–water partition coefficient (Wildman–Crippen LogP) is 3.06. The van der Waals surface area contributed by atoms with Crippen molar-refractivity contribution in [1.82, 2.24) is 5.32 Å². The first-order chi connectivity index (χ1) is 10.2. The van der Waals surface area contributed by atoms with Crippen LogP contribution in [0.4, 0.5) is 0 Å². The zero-order valence-corrected chi connectivity index (χ0v) is 13.2. The van der Waals surface area contributed by atoms with Gasteiger partial charge in [0.2, 0.25) is 5.91 Å². The van der Waals surface area contributed by atoms with Crippen molar-refractivity contribution in [2.75, 3.05) is 5.33 Å². The molecule has 0 radical (unpaired) electrons. The van der Waals surface area contributed by atoms with Gasteiger partial charge in [0.25, 0.3) is 0 Å². The quantitative estimate of drug-likeness (QED) is 0.789. The maximum absolute atomic E-state index is 12.1. The maximum atomic E-state index is 12.1. The summed E-state index contributed by atoms with van der Waals surface area (Å²) in [6.07, 6.45) is 0.962. The second-order valence-electron chi connectivity index (χ2n) is 4.91. The lowest BCUT2D eigenvalue weighted by molar-refractivity contribution is -0.121. The van der Waals surface area contributed by atoms with Crippen LogP contribution in [0.5, 0.6) is 5.75 Å². The molecule has 1 atom stereocenters. The molecule has 0 saturated carbocycles. The molecule has 0 bridgehead atoms. The summed E-state index contributed by atoms with van der Waals surface area (Å²) in [7, 11) is 0. The third-order valence-corrected chi connectivity index (χ3v) is 4.00. The van der Waals surface area contributed by atoms with E-state index in [1.807, 2.05) is 36.4 Å². The number of hydrogen-bond donors (Lipinski definition) is 2. The first-order valence-electron chi connectivity index (χ1n) is 6.85. The lowest BCUT2D eigenvalue weighted by Gasteiger charge is -2.16. The molecule has 0 fully saturated rings. The van der Waals surface area contributed by atoms with E-state index < -0.39 is 0 Å². The Bertz CT molecular complexity index is 586. The number of amides is 1. The third-order valence-electron chi connectivity index (χ3n) is 3.22. The Balaban J connectivity index is 1.92. The Morgan fingerprint density at radius 1 is 1.10 bits per heavy atom. The molecule has 0 aromatic heterocycles. The second-order valence-corrected chi connectivity index (χ2v) is 5.56. The summed E-state index contributed by atoms with van der Waals surface area (Å²) < 4.78 is 0. The molecule has 0 saturated heterocycles. The molecule has 0 aliphatic carbocycles. The van der Waals surface area contributed by atoms with Crippen molar-refractivity contribution in [3.05, 3.63) is 65.7 Å². The smallest absolute Gasteiger partial charge is 0.224 e. The van der Waals surface area contributed by atoms with Crippen LogP contribution in [0.3, 0.4) is 0 Å². The Kier molecular flexibility index (Phi) is 5.81. The number of carbonyl (C=O) groups excluding carboxylic acids is 1. The Hall–Kier alpha value is -1.81. The number of phenols is 1. The molecular formula is C17H18BrNO2. The monoisotopic (exact) mass is 347 g/mol. The fourth-order valence-corrected chi connectivity index (χ4v) is 2.55. The molecule has 0 aliphatic rings. The highest BCUT2D eigenvalue weighted by Gasteiger charge is 2.13. The van der Waals surface area contributed by atoms with Gasteiger partial charge in [-0.1, -0.05) is 64.5 Å². The van der Waals surface area contributed by atoms with Crippen molar-refractivity contribution in [2.24, 2.45) is 0 Å². The van der Waals surface area contributed by atoms with Crippen molar-refractivity contribution >= 4 is 21.8 Å². The van der Waals surface area contributed by atoms with Gasteiger partial charge in [-0.05, 0) is 18.1 Å². The number of benzene rings is 2. The fraction of sp³-hybridized carbons (Fsp3) is 0.235. The normalized spacial score (nSPS) is 11.9. The number of rotatable bonds is 6. The summed E-state index contributed by atoms with van der Waals surface area (Å²) in [5.41, 5.74) is 1.83. The number of halogens is 1. The first kappa shape index (κ1) is 15.6. The number of aromatic hydroxyl groups is 1. The second kappa shape index (κ2) is 7.84. The summed E-state index contributed by atoms with van der Waals surface area (Å²) in [6.45, 7) is 0. The third kappa shape index (κ3) is 4.90. The van der Waals surface area contributed by atoms with Crippen molar-refractivity contribution < 1.29 is 9.90 Å². The summed E-state index contributed by atoms with van der Waals surface area (Å²) in [4.78, 5) is 12.1. The van der Waals surface area contributed by atoms with Crippen molar-refractivity contribution in [3.63, 3.8) is 0 Å². The highest BCUT2D eigenvalue weighted by Crippen LogP contribution is 2.16. The molecule has 4 heteroatoms. The van der Waals surface area contributed by atoms with E-state index >= 15 is 0 Å². The van der Waals surface area contributed by atoms with Gasteiger partial charge in [-0.15, -0.1) is 0 Å². The average molecular weight is 348 g/mol. The van der Waals surface area contributed by atoms with Crippen LogP contribution in [0.15, 0.2) is 54.6 Å². The van der Waals surface area contributed by atoms with Crippen LogP contribution in [0.1, 0.15) is 11.1 Å². The molecule has 1 unspecified atom stereocenters. The average Bonchev–Trinajstić information content (AvgIpc) is 2.50. The van der Waals surface area contributed by atoms with Gasteiger partial charge in [-0.25, -0.2) is 0 Å². The van der Waals surface area contributed by atoms with Crippen LogP contribution in [0.2, 0.25) is 0 Å². The number of carbonyl (C=O) groups is 1. The van der Waals surface area contributed by atoms with Crippen LogP contribution >= 0.6 is 15.9 Å². The van der Waals surface area contributed by atoms with E-state index in [1.54, 1.807) is 18.2 Å². The van der Waals surface area contributed by atoms with Crippen LogP contribution in [0.25, 0.3) is 0 Å². The zero-order valence-electron chi connectivity index (χ0n) is 11.6. The Morgan fingerprint density at radius 3 is 2.43 bits per heavy atom. The van der Waals surface area contributed by atoms with Gasteiger partial charge in [-0.2, -0.15) is 0 Å². The van der Waals surface area contributed by atoms with Crippen LogP contribution in [0, 0.1) is 0 Å². The van der Waals surface area contributed by atoms with Crippen LogP contribution < -0.4 is 5.32 Å². The zero-order chi connectivity index (χ0) is 15.1. The molecule has 21 heavy (non-hydrogen) atoms. The van der Waals surface area contributed by atoms with Gasteiger partial charge in [0.15, 0.2) is 0 Å². The molecule has 2 aromatic carbocycles. The minimum atomic E-state index is -0.0862. The lowest BCUT2D eigenvalue weighted by Crippen LogP contribution is -2.38. The topological polar surface area (TPSA) is 49.3 Å². The van der Waals surface area contributed by atoms with E-state index in [1.165, 1.54) is 5.56 Å². The van der Waals surface area contributed by atoms with E-state index in [-0.39, 0.29) is 24.1 Å². The Morgan fingerprint density at radius 2 is 1.76 bits per heavy atom. The molecule has 3 nitrogen and oxygen atoms in total. The van der Waals surface area contributed by atoms with Crippen LogP contribution in [-0.4, -0.2) is 22.4 Å². The fourth-order valence-electron chi connectivity index (χ4n) is 2.15. The number of phenolic OH excluding ortho intramolecular Hbond substituents is 1. The van der Waals surface area contributed by atoms with E-state index in [9.17, 15) is 9.90 Å². The van der Waals surface area contributed by atoms with Gasteiger partial charge in [0, 0.05) is 16.9 Å². The van der Waals surface area contributed by atoms with E-state index in [0.29, 0.717) is 10.9 Å². The molecule has 1 amide bonds. The number of para-hydroxylation sites is 1. The van der Waals surface area contributed by atoms with E-state index in [4.69, 9.17) is 0 Å². The molecule has 0 heterocycles. The van der Waals surface area contributed by atoms with E-state index in [2.05, 4.69) is 21.2 Å². The van der Waals surface area contributed by atoms with Crippen LogP contribution in [-0.2, 0) is 17.6 Å². The minimum absolute atomic E-state index is 0.0331. The predicted molar refractivity (Wildman–Crippen MR) is 87.7 cm³/mol.